The van der Waals surface area contributed by atoms with E-state index in [9.17, 15) is 27.6 Å². The standard InChI is InChI=1S/C19H17F3N2O4/c1-11(25)23-10-12-6-14(18(27)28-2)9-16(7-12)24-17(26)13-4-3-5-15(8-13)19(20,21)22/h3-9H,10H2,1-2H3,(H,23,25)(H,24,26). The van der Waals surface area contributed by atoms with Crippen molar-refractivity contribution in [3.63, 3.8) is 0 Å². The van der Waals surface area contributed by atoms with E-state index < -0.39 is 23.6 Å². The minimum Gasteiger partial charge on any atom is -0.465 e. The lowest BCUT2D eigenvalue weighted by Gasteiger charge is -2.12. The molecular weight excluding hydrogens is 377 g/mol. The molecule has 0 unspecified atom stereocenters. The van der Waals surface area contributed by atoms with Gasteiger partial charge >= 0.3 is 12.1 Å². The smallest absolute Gasteiger partial charge is 0.416 e. The molecule has 6 nitrogen and oxygen atoms in total. The SMILES string of the molecule is COC(=O)c1cc(CNC(C)=O)cc(NC(=O)c2cccc(C(F)(F)F)c2)c1. The first kappa shape index (κ1) is 20.9. The zero-order chi connectivity index (χ0) is 20.9. The molecular formula is C19H17F3N2O4. The number of nitrogens with one attached hydrogen (secondary N) is 2. The Balaban J connectivity index is 2.31. The zero-order valence-electron chi connectivity index (χ0n) is 15.0. The molecule has 9 heteroatoms. The van der Waals surface area contributed by atoms with Gasteiger partial charge in [-0.2, -0.15) is 13.2 Å². The van der Waals surface area contributed by atoms with Gasteiger partial charge in [0, 0.05) is 24.7 Å². The van der Waals surface area contributed by atoms with Crippen LogP contribution in [0, 0.1) is 0 Å². The molecule has 2 N–H and O–H groups in total. The number of rotatable bonds is 5. The Kier molecular flexibility index (Phi) is 6.40. The third-order valence-corrected chi connectivity index (χ3v) is 3.67. The average Bonchev–Trinajstić information content (AvgIpc) is 2.65. The summed E-state index contributed by atoms with van der Waals surface area (Å²) >= 11 is 0. The zero-order valence-corrected chi connectivity index (χ0v) is 15.0. The molecule has 0 radical (unpaired) electrons. The molecule has 0 saturated carbocycles. The van der Waals surface area contributed by atoms with Crippen LogP contribution in [0.5, 0.6) is 0 Å². The predicted molar refractivity (Wildman–Crippen MR) is 94.7 cm³/mol. The number of anilines is 1. The summed E-state index contributed by atoms with van der Waals surface area (Å²) in [5.74, 6) is -1.74. The molecule has 148 valence electrons. The number of carbonyl (C=O) groups excluding carboxylic acids is 3. The van der Waals surface area contributed by atoms with E-state index in [0.29, 0.717) is 5.56 Å². The lowest BCUT2D eigenvalue weighted by Crippen LogP contribution is -2.20. The van der Waals surface area contributed by atoms with Crippen molar-refractivity contribution in [1.82, 2.24) is 5.32 Å². The molecule has 0 aliphatic heterocycles. The lowest BCUT2D eigenvalue weighted by atomic mass is 10.1. The van der Waals surface area contributed by atoms with Gasteiger partial charge in [-0.3, -0.25) is 9.59 Å². The third kappa shape index (κ3) is 5.57. The van der Waals surface area contributed by atoms with Crippen molar-refractivity contribution >= 4 is 23.5 Å². The number of carbonyl (C=O) groups is 3. The van der Waals surface area contributed by atoms with Gasteiger partial charge < -0.3 is 15.4 Å². The van der Waals surface area contributed by atoms with Gasteiger partial charge in [0.1, 0.15) is 0 Å². The predicted octanol–water partition coefficient (Wildman–Crippen LogP) is 3.38. The molecule has 0 aliphatic rings. The van der Waals surface area contributed by atoms with Crippen LogP contribution in [0.1, 0.15) is 38.8 Å². The number of amides is 2. The number of hydrogen-bond donors (Lipinski definition) is 2. The van der Waals surface area contributed by atoms with Gasteiger partial charge in [-0.1, -0.05) is 6.07 Å². The molecule has 0 atom stereocenters. The van der Waals surface area contributed by atoms with Crippen molar-refractivity contribution in [2.45, 2.75) is 19.6 Å². The molecule has 0 fully saturated rings. The van der Waals surface area contributed by atoms with Gasteiger partial charge in [-0.25, -0.2) is 4.79 Å². The number of ether oxygens (including phenoxy) is 1. The van der Waals surface area contributed by atoms with Gasteiger partial charge in [-0.15, -0.1) is 0 Å². The summed E-state index contributed by atoms with van der Waals surface area (Å²) in [5.41, 5.74) is -0.357. The van der Waals surface area contributed by atoms with E-state index in [2.05, 4.69) is 15.4 Å². The van der Waals surface area contributed by atoms with E-state index in [1.54, 1.807) is 0 Å². The number of alkyl halides is 3. The Bertz CT molecular complexity index is 910. The fraction of sp³-hybridized carbons (Fsp3) is 0.211. The quantitative estimate of drug-likeness (QED) is 0.762. The van der Waals surface area contributed by atoms with E-state index >= 15 is 0 Å². The van der Waals surface area contributed by atoms with Crippen molar-refractivity contribution < 1.29 is 32.3 Å². The Morgan fingerprint density at radius 3 is 2.36 bits per heavy atom. The number of halogens is 3. The van der Waals surface area contributed by atoms with E-state index in [0.717, 1.165) is 18.2 Å². The Morgan fingerprint density at radius 2 is 1.75 bits per heavy atom. The maximum atomic E-state index is 12.8. The van der Waals surface area contributed by atoms with E-state index in [4.69, 9.17) is 0 Å². The second-order valence-corrected chi connectivity index (χ2v) is 5.85. The Labute approximate surface area is 158 Å². The van der Waals surface area contributed by atoms with Gasteiger partial charge in [0.25, 0.3) is 5.91 Å². The van der Waals surface area contributed by atoms with Crippen LogP contribution in [0.4, 0.5) is 18.9 Å². The molecule has 2 aromatic carbocycles. The van der Waals surface area contributed by atoms with Gasteiger partial charge in [-0.05, 0) is 42.0 Å². The lowest BCUT2D eigenvalue weighted by molar-refractivity contribution is -0.137. The summed E-state index contributed by atoms with van der Waals surface area (Å²) in [5, 5.41) is 5.01. The maximum absolute atomic E-state index is 12.8. The monoisotopic (exact) mass is 394 g/mol. The second kappa shape index (κ2) is 8.55. The highest BCUT2D eigenvalue weighted by Crippen LogP contribution is 2.29. The second-order valence-electron chi connectivity index (χ2n) is 5.85. The van der Waals surface area contributed by atoms with Crippen LogP contribution in [-0.2, 0) is 22.3 Å². The molecule has 2 rings (SSSR count). The summed E-state index contributed by atoms with van der Waals surface area (Å²) in [6, 6.07) is 8.26. The van der Waals surface area contributed by atoms with Crippen LogP contribution in [0.25, 0.3) is 0 Å². The minimum atomic E-state index is -4.58. The number of hydrogen-bond acceptors (Lipinski definition) is 4. The summed E-state index contributed by atoms with van der Waals surface area (Å²) in [6.45, 7) is 1.41. The highest BCUT2D eigenvalue weighted by Gasteiger charge is 2.30. The molecule has 2 amide bonds. The van der Waals surface area contributed by atoms with Crippen molar-refractivity contribution in [2.75, 3.05) is 12.4 Å². The fourth-order valence-electron chi connectivity index (χ4n) is 2.37. The molecule has 0 spiro atoms. The van der Waals surface area contributed by atoms with E-state index in [1.165, 1.54) is 38.3 Å². The summed E-state index contributed by atoms with van der Waals surface area (Å²) < 4.78 is 43.1. The Hall–Kier alpha value is -3.36. The van der Waals surface area contributed by atoms with Crippen LogP contribution in [0.15, 0.2) is 42.5 Å². The minimum absolute atomic E-state index is 0.0899. The van der Waals surface area contributed by atoms with Crippen LogP contribution in [0.3, 0.4) is 0 Å². The number of benzene rings is 2. The fourth-order valence-corrected chi connectivity index (χ4v) is 2.37. The Morgan fingerprint density at radius 1 is 1.04 bits per heavy atom. The number of methoxy groups -OCH3 is 1. The van der Waals surface area contributed by atoms with Gasteiger partial charge in [0.2, 0.25) is 5.91 Å². The first-order chi connectivity index (χ1) is 13.1. The van der Waals surface area contributed by atoms with E-state index in [1.807, 2.05) is 0 Å². The summed E-state index contributed by atoms with van der Waals surface area (Å²) in [7, 11) is 1.18. The highest BCUT2D eigenvalue weighted by molar-refractivity contribution is 6.05. The largest absolute Gasteiger partial charge is 0.465 e. The normalized spacial score (nSPS) is 10.9. The first-order valence-electron chi connectivity index (χ1n) is 8.05. The van der Waals surface area contributed by atoms with Crippen molar-refractivity contribution in [2.24, 2.45) is 0 Å². The molecule has 0 heterocycles. The van der Waals surface area contributed by atoms with Gasteiger partial charge in [0.05, 0.1) is 18.2 Å². The third-order valence-electron chi connectivity index (χ3n) is 3.67. The van der Waals surface area contributed by atoms with Crippen molar-refractivity contribution in [3.05, 3.63) is 64.7 Å². The number of esters is 1. The molecule has 2 aromatic rings. The van der Waals surface area contributed by atoms with E-state index in [-0.39, 0.29) is 29.3 Å². The summed E-state index contributed by atoms with van der Waals surface area (Å²) in [6.07, 6.45) is -4.58. The maximum Gasteiger partial charge on any atom is 0.416 e. The van der Waals surface area contributed by atoms with Crippen molar-refractivity contribution in [1.29, 1.82) is 0 Å². The first-order valence-corrected chi connectivity index (χ1v) is 8.05. The molecule has 28 heavy (non-hydrogen) atoms. The molecule has 0 bridgehead atoms. The topological polar surface area (TPSA) is 84.5 Å². The van der Waals surface area contributed by atoms with Crippen molar-refractivity contribution in [3.8, 4) is 0 Å². The van der Waals surface area contributed by atoms with Crippen LogP contribution in [0.2, 0.25) is 0 Å². The van der Waals surface area contributed by atoms with Crippen LogP contribution >= 0.6 is 0 Å². The van der Waals surface area contributed by atoms with Crippen LogP contribution < -0.4 is 10.6 Å². The highest BCUT2D eigenvalue weighted by atomic mass is 19.4. The van der Waals surface area contributed by atoms with Crippen LogP contribution in [-0.4, -0.2) is 24.9 Å². The average molecular weight is 394 g/mol. The van der Waals surface area contributed by atoms with Gasteiger partial charge in [0.15, 0.2) is 0 Å². The molecule has 0 aliphatic carbocycles. The molecule has 0 saturated heterocycles. The summed E-state index contributed by atoms with van der Waals surface area (Å²) in [4.78, 5) is 35.3. The molecule has 0 aromatic heterocycles.